The Balaban J connectivity index is 1.46. The van der Waals surface area contributed by atoms with Crippen molar-refractivity contribution >= 4 is 40.5 Å². The number of aliphatic imine (C=N–C) groups is 1. The number of amides is 2. The number of halogens is 1. The van der Waals surface area contributed by atoms with Crippen LogP contribution in [-0.2, 0) is 16.0 Å². The summed E-state index contributed by atoms with van der Waals surface area (Å²) in [5, 5.41) is 3.58. The number of anilines is 1. The van der Waals surface area contributed by atoms with Gasteiger partial charge in [-0.25, -0.2) is 0 Å². The summed E-state index contributed by atoms with van der Waals surface area (Å²) >= 11 is 5.91. The summed E-state index contributed by atoms with van der Waals surface area (Å²) < 4.78 is 5.22. The van der Waals surface area contributed by atoms with E-state index in [4.69, 9.17) is 21.3 Å². The van der Waals surface area contributed by atoms with Crippen LogP contribution in [0.25, 0.3) is 0 Å². The first-order valence-corrected chi connectivity index (χ1v) is 11.0. The summed E-state index contributed by atoms with van der Waals surface area (Å²) in [6.07, 6.45) is 0.775. The molecule has 0 saturated heterocycles. The third-order valence-electron chi connectivity index (χ3n) is 5.42. The van der Waals surface area contributed by atoms with Crippen molar-refractivity contribution in [1.29, 1.82) is 0 Å². The fourth-order valence-corrected chi connectivity index (χ4v) is 3.79. The molecule has 0 spiro atoms. The van der Waals surface area contributed by atoms with Gasteiger partial charge in [0.2, 0.25) is 11.8 Å². The van der Waals surface area contributed by atoms with Gasteiger partial charge in [0.15, 0.2) is 0 Å². The lowest BCUT2D eigenvalue weighted by Crippen LogP contribution is -2.41. The molecule has 6 nitrogen and oxygen atoms in total. The average Bonchev–Trinajstić information content (AvgIpc) is 2.97. The Kier molecular flexibility index (Phi) is 7.05. The molecule has 3 aromatic carbocycles. The van der Waals surface area contributed by atoms with E-state index in [1.807, 2.05) is 72.8 Å². The van der Waals surface area contributed by atoms with E-state index >= 15 is 0 Å². The molecule has 0 saturated carbocycles. The molecule has 0 radical (unpaired) electrons. The van der Waals surface area contributed by atoms with E-state index in [0.29, 0.717) is 35.1 Å². The van der Waals surface area contributed by atoms with Crippen molar-refractivity contribution in [2.45, 2.75) is 12.8 Å². The highest BCUT2D eigenvalue weighted by atomic mass is 35.5. The first kappa shape index (κ1) is 22.6. The molecule has 0 fully saturated rings. The summed E-state index contributed by atoms with van der Waals surface area (Å²) in [7, 11) is 1.61. The highest BCUT2D eigenvalue weighted by Gasteiger charge is 2.26. The second-order valence-electron chi connectivity index (χ2n) is 7.66. The normalized spacial score (nSPS) is 13.1. The minimum atomic E-state index is -0.222. The standard InChI is InChI=1S/C26H24ClN3O3/c1-33-21-12-8-19(9-13-21)23-16-26(32)30(24-5-3-2-4-22(24)29-23)17-25(31)28-15-14-18-6-10-20(27)11-7-18/h2-13H,14-17H2,1H3,(H,28,31). The van der Waals surface area contributed by atoms with Gasteiger partial charge in [0.1, 0.15) is 12.3 Å². The number of para-hydroxylation sites is 2. The molecule has 1 aliphatic rings. The van der Waals surface area contributed by atoms with E-state index in [1.165, 1.54) is 4.90 Å². The molecule has 0 aromatic heterocycles. The largest absolute Gasteiger partial charge is 0.497 e. The molecule has 7 heteroatoms. The van der Waals surface area contributed by atoms with E-state index in [1.54, 1.807) is 7.11 Å². The number of carbonyl (C=O) groups excluding carboxylic acids is 2. The van der Waals surface area contributed by atoms with Crippen LogP contribution in [0, 0.1) is 0 Å². The third-order valence-corrected chi connectivity index (χ3v) is 5.67. The van der Waals surface area contributed by atoms with Crippen molar-refractivity contribution in [3.8, 4) is 5.75 Å². The average molecular weight is 462 g/mol. The maximum Gasteiger partial charge on any atom is 0.240 e. The van der Waals surface area contributed by atoms with Crippen LogP contribution in [0.4, 0.5) is 11.4 Å². The molecule has 33 heavy (non-hydrogen) atoms. The summed E-state index contributed by atoms with van der Waals surface area (Å²) in [4.78, 5) is 32.1. The van der Waals surface area contributed by atoms with Gasteiger partial charge in [-0.1, -0.05) is 35.9 Å². The van der Waals surface area contributed by atoms with Crippen LogP contribution in [-0.4, -0.2) is 37.7 Å². The molecular formula is C26H24ClN3O3. The predicted molar refractivity (Wildman–Crippen MR) is 131 cm³/mol. The third kappa shape index (κ3) is 5.59. The van der Waals surface area contributed by atoms with Crippen LogP contribution in [0.5, 0.6) is 5.75 Å². The lowest BCUT2D eigenvalue weighted by molar-refractivity contribution is -0.123. The monoisotopic (exact) mass is 461 g/mol. The Morgan fingerprint density at radius 1 is 1.06 bits per heavy atom. The van der Waals surface area contributed by atoms with Gasteiger partial charge in [-0.2, -0.15) is 0 Å². The van der Waals surface area contributed by atoms with Crippen molar-refractivity contribution in [3.05, 3.63) is 88.9 Å². The molecule has 1 N–H and O–H groups in total. The second-order valence-corrected chi connectivity index (χ2v) is 8.10. The number of ether oxygens (including phenoxy) is 1. The molecular weight excluding hydrogens is 438 g/mol. The van der Waals surface area contributed by atoms with Gasteiger partial charge in [0, 0.05) is 11.6 Å². The van der Waals surface area contributed by atoms with Crippen LogP contribution in [0.15, 0.2) is 77.8 Å². The van der Waals surface area contributed by atoms with Crippen LogP contribution >= 0.6 is 11.6 Å². The summed E-state index contributed by atoms with van der Waals surface area (Å²) in [6, 6.07) is 22.3. The number of nitrogens with one attached hydrogen (secondary N) is 1. The van der Waals surface area contributed by atoms with Gasteiger partial charge < -0.3 is 15.0 Å². The lowest BCUT2D eigenvalue weighted by atomic mass is 10.1. The molecule has 2 amide bonds. The van der Waals surface area contributed by atoms with Gasteiger partial charge in [0.25, 0.3) is 0 Å². The van der Waals surface area contributed by atoms with Gasteiger partial charge in [-0.3, -0.25) is 14.6 Å². The van der Waals surface area contributed by atoms with E-state index in [-0.39, 0.29) is 24.8 Å². The molecule has 0 atom stereocenters. The smallest absolute Gasteiger partial charge is 0.240 e. The number of hydrogen-bond acceptors (Lipinski definition) is 4. The molecule has 168 valence electrons. The number of rotatable bonds is 7. The first-order valence-electron chi connectivity index (χ1n) is 10.7. The highest BCUT2D eigenvalue weighted by Crippen LogP contribution is 2.33. The van der Waals surface area contributed by atoms with Crippen LogP contribution < -0.4 is 15.0 Å². The van der Waals surface area contributed by atoms with Gasteiger partial charge in [0.05, 0.1) is 30.6 Å². The minimum absolute atomic E-state index is 0.0676. The van der Waals surface area contributed by atoms with Crippen molar-refractivity contribution < 1.29 is 14.3 Å². The molecule has 3 aromatic rings. The number of nitrogens with zero attached hydrogens (tertiary/aromatic N) is 2. The zero-order valence-corrected chi connectivity index (χ0v) is 19.0. The molecule has 0 bridgehead atoms. The summed E-state index contributed by atoms with van der Waals surface area (Å²) in [5.41, 5.74) is 3.85. The zero-order valence-electron chi connectivity index (χ0n) is 18.3. The molecule has 1 aliphatic heterocycles. The lowest BCUT2D eigenvalue weighted by Gasteiger charge is -2.22. The van der Waals surface area contributed by atoms with E-state index in [0.717, 1.165) is 16.9 Å². The number of methoxy groups -OCH3 is 1. The van der Waals surface area contributed by atoms with Gasteiger partial charge in [-0.05, 0) is 66.1 Å². The maximum atomic E-state index is 13.2. The van der Waals surface area contributed by atoms with Gasteiger partial charge in [-0.15, -0.1) is 0 Å². The van der Waals surface area contributed by atoms with Crippen molar-refractivity contribution in [2.75, 3.05) is 25.1 Å². The van der Waals surface area contributed by atoms with Crippen LogP contribution in [0.1, 0.15) is 17.5 Å². The Morgan fingerprint density at radius 2 is 1.79 bits per heavy atom. The maximum absolute atomic E-state index is 13.2. The van der Waals surface area contributed by atoms with E-state index in [2.05, 4.69) is 5.32 Å². The first-order chi connectivity index (χ1) is 16.0. The Bertz CT molecular complexity index is 1170. The Labute approximate surface area is 197 Å². The number of hydrogen-bond donors (Lipinski definition) is 1. The molecule has 0 aliphatic carbocycles. The zero-order chi connectivity index (χ0) is 23.2. The number of benzene rings is 3. The van der Waals surface area contributed by atoms with Crippen LogP contribution in [0.2, 0.25) is 5.02 Å². The second kappa shape index (κ2) is 10.3. The summed E-state index contributed by atoms with van der Waals surface area (Å²) in [5.74, 6) is 0.332. The Morgan fingerprint density at radius 3 is 2.52 bits per heavy atom. The van der Waals surface area contributed by atoms with Crippen molar-refractivity contribution in [1.82, 2.24) is 5.32 Å². The SMILES string of the molecule is COc1ccc(C2=Nc3ccccc3N(CC(=O)NCCc3ccc(Cl)cc3)C(=O)C2)cc1. The predicted octanol–water partition coefficient (Wildman–Crippen LogP) is 4.57. The quantitative estimate of drug-likeness (QED) is 0.560. The topological polar surface area (TPSA) is 71.0 Å². The van der Waals surface area contributed by atoms with E-state index < -0.39 is 0 Å². The number of carbonyl (C=O) groups is 2. The minimum Gasteiger partial charge on any atom is -0.497 e. The fourth-order valence-electron chi connectivity index (χ4n) is 3.67. The number of fused-ring (bicyclic) bond motifs is 1. The highest BCUT2D eigenvalue weighted by molar-refractivity contribution is 6.30. The fraction of sp³-hybridized carbons (Fsp3) is 0.192. The van der Waals surface area contributed by atoms with Crippen LogP contribution in [0.3, 0.4) is 0 Å². The molecule has 1 heterocycles. The summed E-state index contributed by atoms with van der Waals surface area (Å²) in [6.45, 7) is 0.402. The van der Waals surface area contributed by atoms with Crippen molar-refractivity contribution in [3.63, 3.8) is 0 Å². The molecule has 4 rings (SSSR count). The van der Waals surface area contributed by atoms with E-state index in [9.17, 15) is 9.59 Å². The van der Waals surface area contributed by atoms with Gasteiger partial charge >= 0.3 is 0 Å². The Hall–Kier alpha value is -3.64. The van der Waals surface area contributed by atoms with Crippen molar-refractivity contribution in [2.24, 2.45) is 4.99 Å². The molecule has 0 unspecified atom stereocenters.